The zero-order valence-corrected chi connectivity index (χ0v) is 9.58. The Morgan fingerprint density at radius 1 is 1.53 bits per heavy atom. The van der Waals surface area contributed by atoms with Crippen LogP contribution < -0.4 is 15.8 Å². The van der Waals surface area contributed by atoms with Gasteiger partial charge in [0, 0.05) is 18.3 Å². The van der Waals surface area contributed by atoms with Crippen LogP contribution in [0.3, 0.4) is 0 Å². The van der Waals surface area contributed by atoms with Gasteiger partial charge >= 0.3 is 0 Å². The van der Waals surface area contributed by atoms with E-state index in [1.807, 2.05) is 32.9 Å². The fourth-order valence-electron chi connectivity index (χ4n) is 1.11. The van der Waals surface area contributed by atoms with Crippen LogP contribution in [0.2, 0.25) is 0 Å². The van der Waals surface area contributed by atoms with E-state index in [1.165, 1.54) is 0 Å². The lowest BCUT2D eigenvalue weighted by molar-refractivity contribution is 0.340. The minimum absolute atomic E-state index is 0.263. The summed E-state index contributed by atoms with van der Waals surface area (Å²) in [5.74, 6) is 1.52. The molecule has 0 saturated carbocycles. The molecule has 0 saturated heterocycles. The normalized spacial score (nSPS) is 11.2. The van der Waals surface area contributed by atoms with Crippen LogP contribution in [0.4, 0.5) is 5.82 Å². The van der Waals surface area contributed by atoms with E-state index in [0.717, 1.165) is 11.6 Å². The van der Waals surface area contributed by atoms with Crippen LogP contribution >= 0.6 is 0 Å². The lowest BCUT2D eigenvalue weighted by Gasteiger charge is -2.20. The Labute approximate surface area is 90.8 Å². The van der Waals surface area contributed by atoms with Gasteiger partial charge in [-0.2, -0.15) is 0 Å². The predicted molar refractivity (Wildman–Crippen MR) is 62.2 cm³/mol. The Hall–Kier alpha value is -1.29. The van der Waals surface area contributed by atoms with Crippen LogP contribution in [-0.4, -0.2) is 23.7 Å². The topological polar surface area (TPSA) is 60.2 Å². The summed E-state index contributed by atoms with van der Waals surface area (Å²) >= 11 is 0. The first kappa shape index (κ1) is 11.8. The van der Waals surface area contributed by atoms with Crippen LogP contribution in [0, 0.1) is 0 Å². The summed E-state index contributed by atoms with van der Waals surface area (Å²) in [5, 5.41) is 3.18. The Bertz CT molecular complexity index is 307. The minimum atomic E-state index is -0.263. The number of nitrogens with two attached hydrogens (primary N) is 1. The van der Waals surface area contributed by atoms with Gasteiger partial charge in [-0.05, 0) is 32.9 Å². The van der Waals surface area contributed by atoms with Crippen LogP contribution in [0.25, 0.3) is 0 Å². The number of aromatic nitrogens is 1. The maximum Gasteiger partial charge on any atom is 0.168 e. The number of anilines is 1. The zero-order chi connectivity index (χ0) is 11.3. The Kier molecular flexibility index (Phi) is 3.91. The second-order valence-corrected chi connectivity index (χ2v) is 4.13. The highest BCUT2D eigenvalue weighted by Gasteiger charge is 2.11. The third-order valence-corrected chi connectivity index (χ3v) is 1.78. The molecule has 0 atom stereocenters. The highest BCUT2D eigenvalue weighted by atomic mass is 16.5. The number of hydrogen-bond acceptors (Lipinski definition) is 4. The lowest BCUT2D eigenvalue weighted by Crippen LogP contribution is -2.39. The van der Waals surface area contributed by atoms with E-state index < -0.39 is 0 Å². The molecule has 0 spiro atoms. The average Bonchev–Trinajstić information content (AvgIpc) is 2.16. The third kappa shape index (κ3) is 4.16. The number of nitrogens with one attached hydrogen (secondary N) is 1. The average molecular weight is 209 g/mol. The summed E-state index contributed by atoms with van der Waals surface area (Å²) < 4.78 is 5.44. The smallest absolute Gasteiger partial charge is 0.168 e. The van der Waals surface area contributed by atoms with Crippen molar-refractivity contribution in [3.05, 3.63) is 18.3 Å². The molecule has 1 rings (SSSR count). The third-order valence-electron chi connectivity index (χ3n) is 1.78. The van der Waals surface area contributed by atoms with Gasteiger partial charge in [0.2, 0.25) is 0 Å². The van der Waals surface area contributed by atoms with Crippen LogP contribution in [0.5, 0.6) is 5.75 Å². The summed E-state index contributed by atoms with van der Waals surface area (Å²) in [6.07, 6.45) is 1.73. The number of pyridine rings is 1. The highest BCUT2D eigenvalue weighted by Crippen LogP contribution is 2.20. The summed E-state index contributed by atoms with van der Waals surface area (Å²) in [7, 11) is 0. The van der Waals surface area contributed by atoms with Crippen LogP contribution in [0.15, 0.2) is 18.3 Å². The van der Waals surface area contributed by atoms with Crippen molar-refractivity contribution in [3.8, 4) is 5.75 Å². The second-order valence-electron chi connectivity index (χ2n) is 4.13. The fraction of sp³-hybridized carbons (Fsp3) is 0.545. The van der Waals surface area contributed by atoms with E-state index in [2.05, 4.69) is 10.3 Å². The maximum atomic E-state index is 5.88. The highest BCUT2D eigenvalue weighted by molar-refractivity contribution is 5.49. The lowest BCUT2D eigenvalue weighted by atomic mass is 10.1. The molecule has 0 bridgehead atoms. The van der Waals surface area contributed by atoms with Gasteiger partial charge in [0.15, 0.2) is 11.6 Å². The Morgan fingerprint density at radius 2 is 2.27 bits per heavy atom. The Morgan fingerprint density at radius 3 is 2.87 bits per heavy atom. The van der Waals surface area contributed by atoms with Crippen LogP contribution in [0.1, 0.15) is 20.8 Å². The molecule has 4 heteroatoms. The van der Waals surface area contributed by atoms with Crippen molar-refractivity contribution in [2.75, 3.05) is 18.5 Å². The van der Waals surface area contributed by atoms with E-state index in [-0.39, 0.29) is 5.54 Å². The van der Waals surface area contributed by atoms with Gasteiger partial charge in [0.05, 0.1) is 6.61 Å². The molecule has 4 nitrogen and oxygen atoms in total. The summed E-state index contributed by atoms with van der Waals surface area (Å²) in [5.41, 5.74) is 5.61. The number of rotatable bonds is 5. The van der Waals surface area contributed by atoms with E-state index in [1.54, 1.807) is 6.20 Å². The first-order valence-corrected chi connectivity index (χ1v) is 5.13. The summed E-state index contributed by atoms with van der Waals surface area (Å²) in [6, 6.07) is 3.74. The minimum Gasteiger partial charge on any atom is -0.490 e. The molecule has 84 valence electrons. The van der Waals surface area contributed by atoms with Crippen molar-refractivity contribution in [2.24, 2.45) is 5.73 Å². The van der Waals surface area contributed by atoms with Gasteiger partial charge in [0.25, 0.3) is 0 Å². The van der Waals surface area contributed by atoms with Crippen molar-refractivity contribution in [3.63, 3.8) is 0 Å². The molecular weight excluding hydrogens is 190 g/mol. The molecule has 0 amide bonds. The molecule has 0 aromatic carbocycles. The van der Waals surface area contributed by atoms with E-state index >= 15 is 0 Å². The van der Waals surface area contributed by atoms with Gasteiger partial charge in [-0.25, -0.2) is 4.98 Å². The van der Waals surface area contributed by atoms with Crippen molar-refractivity contribution in [2.45, 2.75) is 26.3 Å². The van der Waals surface area contributed by atoms with Crippen molar-refractivity contribution in [1.82, 2.24) is 4.98 Å². The number of ether oxygens (including phenoxy) is 1. The van der Waals surface area contributed by atoms with Gasteiger partial charge in [0.1, 0.15) is 0 Å². The number of hydrogen-bond donors (Lipinski definition) is 2. The molecular formula is C11H19N3O. The van der Waals surface area contributed by atoms with E-state index in [4.69, 9.17) is 10.5 Å². The molecule has 0 unspecified atom stereocenters. The van der Waals surface area contributed by atoms with Gasteiger partial charge in [-0.3, -0.25) is 0 Å². The molecule has 15 heavy (non-hydrogen) atoms. The van der Waals surface area contributed by atoms with Gasteiger partial charge < -0.3 is 15.8 Å². The quantitative estimate of drug-likeness (QED) is 0.773. The van der Waals surface area contributed by atoms with Gasteiger partial charge in [-0.1, -0.05) is 0 Å². The summed E-state index contributed by atoms with van der Waals surface area (Å²) in [4.78, 5) is 4.21. The molecule has 0 aliphatic heterocycles. The van der Waals surface area contributed by atoms with Crippen molar-refractivity contribution < 1.29 is 4.74 Å². The van der Waals surface area contributed by atoms with Crippen molar-refractivity contribution in [1.29, 1.82) is 0 Å². The van der Waals surface area contributed by atoms with Crippen LogP contribution in [-0.2, 0) is 0 Å². The molecule has 1 aromatic heterocycles. The largest absolute Gasteiger partial charge is 0.490 e. The Balaban J connectivity index is 2.67. The van der Waals surface area contributed by atoms with E-state index in [9.17, 15) is 0 Å². The SMILES string of the molecule is CCOc1cccnc1NCC(C)(C)N. The molecule has 0 radical (unpaired) electrons. The van der Waals surface area contributed by atoms with E-state index in [0.29, 0.717) is 13.2 Å². The van der Waals surface area contributed by atoms with Crippen molar-refractivity contribution >= 4 is 5.82 Å². The maximum absolute atomic E-state index is 5.88. The molecule has 0 fully saturated rings. The molecule has 0 aliphatic rings. The zero-order valence-electron chi connectivity index (χ0n) is 9.58. The molecule has 3 N–H and O–H groups in total. The monoisotopic (exact) mass is 209 g/mol. The molecule has 1 aromatic rings. The number of nitrogens with zero attached hydrogens (tertiary/aromatic N) is 1. The van der Waals surface area contributed by atoms with Gasteiger partial charge in [-0.15, -0.1) is 0 Å². The molecule has 1 heterocycles. The standard InChI is InChI=1S/C11H19N3O/c1-4-15-9-6-5-7-13-10(9)14-8-11(2,3)12/h5-7H,4,8,12H2,1-3H3,(H,13,14). The second kappa shape index (κ2) is 4.98. The first-order chi connectivity index (χ1) is 7.03. The first-order valence-electron chi connectivity index (χ1n) is 5.13. The fourth-order valence-corrected chi connectivity index (χ4v) is 1.11. The predicted octanol–water partition coefficient (Wildman–Crippen LogP) is 1.63. The summed E-state index contributed by atoms with van der Waals surface area (Å²) in [6.45, 7) is 7.16. The molecule has 0 aliphatic carbocycles.